The van der Waals surface area contributed by atoms with E-state index in [0.717, 1.165) is 49.3 Å². The molecule has 1 saturated heterocycles. The van der Waals surface area contributed by atoms with Gasteiger partial charge in [-0.05, 0) is 68.8 Å². The molecule has 0 spiro atoms. The van der Waals surface area contributed by atoms with Gasteiger partial charge in [0.2, 0.25) is 0 Å². The highest BCUT2D eigenvalue weighted by molar-refractivity contribution is 6.42. The summed E-state index contributed by atoms with van der Waals surface area (Å²) in [5, 5.41) is 12.1. The largest absolute Gasteiger partial charge is 0.416 e. The van der Waals surface area contributed by atoms with Crippen molar-refractivity contribution in [3.8, 4) is 0 Å². The summed E-state index contributed by atoms with van der Waals surface area (Å²) in [6.07, 6.45) is 2.40. The van der Waals surface area contributed by atoms with Gasteiger partial charge in [-0.3, -0.25) is 0 Å². The van der Waals surface area contributed by atoms with Crippen molar-refractivity contribution in [1.29, 1.82) is 0 Å². The van der Waals surface area contributed by atoms with E-state index in [-0.39, 0.29) is 12.0 Å². The van der Waals surface area contributed by atoms with Crippen molar-refractivity contribution < 1.29 is 23.1 Å². The van der Waals surface area contributed by atoms with Crippen LogP contribution in [0, 0.1) is 0 Å². The molecule has 0 amide bonds. The van der Waals surface area contributed by atoms with E-state index in [9.17, 15) is 18.3 Å². The first-order valence-electron chi connectivity index (χ1n) is 14.2. The second-order valence-corrected chi connectivity index (χ2v) is 10.8. The Labute approximate surface area is 253 Å². The monoisotopic (exact) mass is 614 g/mol. The van der Waals surface area contributed by atoms with Crippen LogP contribution in [-0.2, 0) is 10.4 Å². The number of aliphatic hydroxyl groups is 1. The summed E-state index contributed by atoms with van der Waals surface area (Å²) in [6, 6.07) is 15.1. The summed E-state index contributed by atoms with van der Waals surface area (Å²) >= 11 is 12.5. The number of likely N-dealkylation sites (tertiary alicyclic amines) is 1. The summed E-state index contributed by atoms with van der Waals surface area (Å²) in [5.74, 6) is -0.0353. The first-order chi connectivity index (χ1) is 19.6. The lowest BCUT2D eigenvalue weighted by Gasteiger charge is -2.39. The predicted molar refractivity (Wildman–Crippen MR) is 163 cm³/mol. The van der Waals surface area contributed by atoms with Gasteiger partial charge in [-0.2, -0.15) is 18.7 Å². The molecule has 0 bridgehead atoms. The second kappa shape index (κ2) is 17.3. The van der Waals surface area contributed by atoms with Crippen LogP contribution in [0.5, 0.6) is 0 Å². The average Bonchev–Trinajstić information content (AvgIpc) is 2.96. The Hall–Kier alpha value is -1.87. The van der Waals surface area contributed by atoms with Crippen LogP contribution in [0.25, 0.3) is 0 Å². The molecule has 1 aliphatic rings. The molecule has 2 N–H and O–H groups in total. The lowest BCUT2D eigenvalue weighted by atomic mass is 9.83. The fourth-order valence-electron chi connectivity index (χ4n) is 5.18. The molecule has 2 unspecified atom stereocenters. The number of piperidine rings is 1. The second-order valence-electron chi connectivity index (χ2n) is 9.96. The molecule has 0 saturated carbocycles. The molecule has 1 heterocycles. The zero-order chi connectivity index (χ0) is 30.5. The molecule has 2 aromatic carbocycles. The highest BCUT2D eigenvalue weighted by Gasteiger charge is 2.34. The zero-order valence-corrected chi connectivity index (χ0v) is 25.9. The van der Waals surface area contributed by atoms with Gasteiger partial charge >= 0.3 is 6.18 Å². The van der Waals surface area contributed by atoms with E-state index in [0.29, 0.717) is 35.7 Å². The van der Waals surface area contributed by atoms with E-state index in [1.165, 1.54) is 14.0 Å². The van der Waals surface area contributed by atoms with Crippen LogP contribution in [0.3, 0.4) is 0 Å². The van der Waals surface area contributed by atoms with Gasteiger partial charge in [-0.15, -0.1) is 0 Å². The summed E-state index contributed by atoms with van der Waals surface area (Å²) in [7, 11) is 1.53. The number of benzene rings is 2. The third-order valence-corrected chi connectivity index (χ3v) is 8.20. The number of rotatable bonds is 12. The molecule has 1 fully saturated rings. The van der Waals surface area contributed by atoms with Crippen LogP contribution in [0.15, 0.2) is 72.3 Å². The Morgan fingerprint density at radius 2 is 1.73 bits per heavy atom. The van der Waals surface area contributed by atoms with Crippen molar-refractivity contribution in [1.82, 2.24) is 10.4 Å². The molecule has 4 nitrogen and oxygen atoms in total. The van der Waals surface area contributed by atoms with Crippen LogP contribution in [0.2, 0.25) is 10.0 Å². The maximum Gasteiger partial charge on any atom is 0.416 e. The Morgan fingerprint density at radius 1 is 1.07 bits per heavy atom. The van der Waals surface area contributed by atoms with Gasteiger partial charge in [0, 0.05) is 25.0 Å². The number of alkyl halides is 3. The van der Waals surface area contributed by atoms with Crippen LogP contribution < -0.4 is 5.48 Å². The molecule has 0 aromatic heterocycles. The van der Waals surface area contributed by atoms with E-state index in [1.807, 2.05) is 56.3 Å². The minimum Gasteiger partial charge on any atom is -0.385 e. The minimum absolute atomic E-state index is 0.0353. The molecule has 2 atom stereocenters. The first kappa shape index (κ1) is 35.3. The summed E-state index contributed by atoms with van der Waals surface area (Å²) in [4.78, 5) is 7.65. The number of allylic oxidation sites excluding steroid dienone is 4. The van der Waals surface area contributed by atoms with Gasteiger partial charge in [-0.1, -0.05) is 91.7 Å². The number of nitrogens with one attached hydrogen (secondary N) is 1. The van der Waals surface area contributed by atoms with Crippen molar-refractivity contribution in [3.63, 3.8) is 0 Å². The number of nitrogens with zero attached hydrogens (tertiary/aromatic N) is 1. The van der Waals surface area contributed by atoms with Crippen LogP contribution >= 0.6 is 23.2 Å². The van der Waals surface area contributed by atoms with E-state index in [2.05, 4.69) is 10.4 Å². The lowest BCUT2D eigenvalue weighted by molar-refractivity contribution is -0.0883. The van der Waals surface area contributed by atoms with Crippen molar-refractivity contribution in [2.24, 2.45) is 0 Å². The standard InChI is InChI=1S/C30H37Cl2F3N2O2.C2H6/c1-3-23(30(33,34)35)9-7-8-12-28(36-39-2)25(22-13-14-26(31)27(32)21-22)15-18-37-19-16-29(38,17-20-37)24-10-5-4-6-11-24;1-2/h3-7,9-11,13-14,21,25,28,36,38H,8,12,15-20H2,1-2H3;1-2H3/b9-7-,23-3+;. The van der Waals surface area contributed by atoms with Crippen molar-refractivity contribution in [2.45, 2.75) is 76.6 Å². The molecule has 41 heavy (non-hydrogen) atoms. The van der Waals surface area contributed by atoms with Gasteiger partial charge < -0.3 is 14.8 Å². The number of halogens is 5. The van der Waals surface area contributed by atoms with Crippen LogP contribution in [0.1, 0.15) is 69.9 Å². The van der Waals surface area contributed by atoms with E-state index in [4.69, 9.17) is 28.0 Å². The maximum atomic E-state index is 13.1. The molecule has 2 aromatic rings. The van der Waals surface area contributed by atoms with Crippen molar-refractivity contribution in [3.05, 3.63) is 93.5 Å². The van der Waals surface area contributed by atoms with Gasteiger partial charge in [0.05, 0.1) is 28.3 Å². The Balaban J connectivity index is 0.00000287. The van der Waals surface area contributed by atoms with Gasteiger partial charge in [0.1, 0.15) is 0 Å². The molecule has 9 heteroatoms. The van der Waals surface area contributed by atoms with Gasteiger partial charge in [0.15, 0.2) is 0 Å². The fourth-order valence-corrected chi connectivity index (χ4v) is 5.49. The molecule has 0 radical (unpaired) electrons. The van der Waals surface area contributed by atoms with Gasteiger partial charge in [0.25, 0.3) is 0 Å². The average molecular weight is 616 g/mol. The Morgan fingerprint density at radius 3 is 2.29 bits per heavy atom. The highest BCUT2D eigenvalue weighted by atomic mass is 35.5. The smallest absolute Gasteiger partial charge is 0.385 e. The third kappa shape index (κ3) is 10.7. The number of hydroxylamine groups is 1. The summed E-state index contributed by atoms with van der Waals surface area (Å²) in [5.41, 5.74) is 3.50. The quantitative estimate of drug-likeness (QED) is 0.185. The molecule has 0 aliphatic carbocycles. The SMILES string of the molecule is C/C=C(\C=C/CCC(NOC)C(CCN1CCC(O)(c2ccccc2)CC1)c1ccc(Cl)c(Cl)c1)C(F)(F)F.CC. The third-order valence-electron chi connectivity index (χ3n) is 7.46. The highest BCUT2D eigenvalue weighted by Crippen LogP contribution is 2.35. The molecule has 1 aliphatic heterocycles. The minimum atomic E-state index is -4.38. The maximum absolute atomic E-state index is 13.1. The summed E-state index contributed by atoms with van der Waals surface area (Å²) < 4.78 is 39.2. The van der Waals surface area contributed by atoms with Gasteiger partial charge in [-0.25, -0.2) is 0 Å². The zero-order valence-electron chi connectivity index (χ0n) is 24.4. The van der Waals surface area contributed by atoms with E-state index < -0.39 is 17.4 Å². The fraction of sp³-hybridized carbons (Fsp3) is 0.500. The Kier molecular flexibility index (Phi) is 14.9. The van der Waals surface area contributed by atoms with E-state index >= 15 is 0 Å². The first-order valence-corrected chi connectivity index (χ1v) is 15.0. The lowest BCUT2D eigenvalue weighted by Crippen LogP contribution is -2.44. The van der Waals surface area contributed by atoms with E-state index in [1.54, 1.807) is 12.1 Å². The number of hydrogen-bond donors (Lipinski definition) is 2. The molecular formula is C32H43Cl2F3N2O2. The normalized spacial score (nSPS) is 17.7. The topological polar surface area (TPSA) is 44.7 Å². The molecule has 3 rings (SSSR count). The van der Waals surface area contributed by atoms with Crippen molar-refractivity contribution in [2.75, 3.05) is 26.7 Å². The van der Waals surface area contributed by atoms with Crippen LogP contribution in [-0.4, -0.2) is 49.0 Å². The molecular weight excluding hydrogens is 572 g/mol. The van der Waals surface area contributed by atoms with Crippen molar-refractivity contribution >= 4 is 23.2 Å². The predicted octanol–water partition coefficient (Wildman–Crippen LogP) is 8.84. The molecule has 228 valence electrons. The van der Waals surface area contributed by atoms with Crippen LogP contribution in [0.4, 0.5) is 13.2 Å². The summed E-state index contributed by atoms with van der Waals surface area (Å²) in [6.45, 7) is 7.68. The number of hydrogen-bond acceptors (Lipinski definition) is 4. The Bertz CT molecular complexity index is 1100.